The van der Waals surface area contributed by atoms with Crippen LogP contribution in [0.3, 0.4) is 0 Å². The molecule has 5 heteroatoms. The molecule has 0 bridgehead atoms. The molecule has 98 valence electrons. The smallest absolute Gasteiger partial charge is 0.0700 e. The maximum Gasteiger partial charge on any atom is 0.0700 e. The zero-order chi connectivity index (χ0) is 12.5. The van der Waals surface area contributed by atoms with E-state index >= 15 is 0 Å². The Morgan fingerprint density at radius 3 is 2.88 bits per heavy atom. The molecule has 5 nitrogen and oxygen atoms in total. The third-order valence-corrected chi connectivity index (χ3v) is 2.57. The molecule has 0 amide bonds. The molecule has 1 aromatic heterocycles. The van der Waals surface area contributed by atoms with Crippen molar-refractivity contribution in [1.82, 2.24) is 15.1 Å². The SMILES string of the molecule is COCCOCCCNC(C)c1cnn(C)c1. The minimum atomic E-state index is 0.336. The molecule has 0 radical (unpaired) electrons. The van der Waals surface area contributed by atoms with E-state index in [2.05, 4.69) is 17.3 Å². The Balaban J connectivity index is 2.03. The third-order valence-electron chi connectivity index (χ3n) is 2.57. The molecule has 0 saturated heterocycles. The number of rotatable bonds is 9. The number of nitrogens with zero attached hydrogens (tertiary/aromatic N) is 2. The number of methoxy groups -OCH3 is 1. The zero-order valence-electron chi connectivity index (χ0n) is 11.0. The summed E-state index contributed by atoms with van der Waals surface area (Å²) in [5, 5.41) is 7.59. The highest BCUT2D eigenvalue weighted by molar-refractivity contribution is 5.08. The second kappa shape index (κ2) is 8.22. The Labute approximate surface area is 103 Å². The van der Waals surface area contributed by atoms with E-state index in [4.69, 9.17) is 9.47 Å². The highest BCUT2D eigenvalue weighted by Gasteiger charge is 2.05. The predicted molar refractivity (Wildman–Crippen MR) is 66.9 cm³/mol. The van der Waals surface area contributed by atoms with Crippen LogP contribution in [0, 0.1) is 0 Å². The third kappa shape index (κ3) is 5.81. The molecule has 1 atom stereocenters. The number of hydrogen-bond acceptors (Lipinski definition) is 4. The molecule has 1 unspecified atom stereocenters. The summed E-state index contributed by atoms with van der Waals surface area (Å²) in [6, 6.07) is 0.336. The lowest BCUT2D eigenvalue weighted by Gasteiger charge is -2.11. The first-order valence-corrected chi connectivity index (χ1v) is 6.02. The Hall–Kier alpha value is -0.910. The minimum Gasteiger partial charge on any atom is -0.382 e. The van der Waals surface area contributed by atoms with Crippen LogP contribution < -0.4 is 5.32 Å². The summed E-state index contributed by atoms with van der Waals surface area (Å²) in [6.07, 6.45) is 4.94. The van der Waals surface area contributed by atoms with Gasteiger partial charge in [-0.3, -0.25) is 4.68 Å². The lowest BCUT2D eigenvalue weighted by Crippen LogP contribution is -2.21. The maximum absolute atomic E-state index is 5.38. The van der Waals surface area contributed by atoms with Gasteiger partial charge in [-0.2, -0.15) is 5.10 Å². The van der Waals surface area contributed by atoms with Crippen LogP contribution in [0.5, 0.6) is 0 Å². The van der Waals surface area contributed by atoms with Crippen LogP contribution in [0.2, 0.25) is 0 Å². The van der Waals surface area contributed by atoms with Crippen LogP contribution in [0.25, 0.3) is 0 Å². The number of hydrogen-bond donors (Lipinski definition) is 1. The fourth-order valence-electron chi connectivity index (χ4n) is 1.52. The van der Waals surface area contributed by atoms with Crippen molar-refractivity contribution < 1.29 is 9.47 Å². The van der Waals surface area contributed by atoms with E-state index in [1.54, 1.807) is 7.11 Å². The van der Waals surface area contributed by atoms with Gasteiger partial charge in [-0.05, 0) is 19.9 Å². The van der Waals surface area contributed by atoms with Crippen LogP contribution in [0.4, 0.5) is 0 Å². The fourth-order valence-corrected chi connectivity index (χ4v) is 1.52. The average molecular weight is 241 g/mol. The summed E-state index contributed by atoms with van der Waals surface area (Å²) in [5.41, 5.74) is 1.22. The van der Waals surface area contributed by atoms with Gasteiger partial charge in [0.1, 0.15) is 0 Å². The number of aryl methyl sites for hydroxylation is 1. The second-order valence-corrected chi connectivity index (χ2v) is 4.08. The Kier molecular flexibility index (Phi) is 6.84. The lowest BCUT2D eigenvalue weighted by atomic mass is 10.2. The van der Waals surface area contributed by atoms with Gasteiger partial charge in [0, 0.05) is 38.6 Å². The monoisotopic (exact) mass is 241 g/mol. The first-order chi connectivity index (χ1) is 8.24. The summed E-state index contributed by atoms with van der Waals surface area (Å²) < 4.78 is 12.1. The van der Waals surface area contributed by atoms with Crippen molar-refractivity contribution in [2.24, 2.45) is 7.05 Å². The van der Waals surface area contributed by atoms with Crippen molar-refractivity contribution in [3.63, 3.8) is 0 Å². The molecule has 0 fully saturated rings. The Bertz CT molecular complexity index is 302. The molecular weight excluding hydrogens is 218 g/mol. The van der Waals surface area contributed by atoms with Gasteiger partial charge in [0.15, 0.2) is 0 Å². The van der Waals surface area contributed by atoms with Gasteiger partial charge in [0.05, 0.1) is 19.4 Å². The standard InChI is InChI=1S/C12H23N3O2/c1-11(12-9-14-15(2)10-12)13-5-4-6-17-8-7-16-3/h9-11,13H,4-8H2,1-3H3. The Morgan fingerprint density at radius 2 is 2.24 bits per heavy atom. The molecule has 0 aliphatic heterocycles. The topological polar surface area (TPSA) is 48.3 Å². The molecule has 0 aliphatic carbocycles. The predicted octanol–water partition coefficient (Wildman–Crippen LogP) is 1.12. The van der Waals surface area contributed by atoms with E-state index < -0.39 is 0 Å². The molecule has 1 heterocycles. The quantitative estimate of drug-likeness (QED) is 0.658. The van der Waals surface area contributed by atoms with E-state index in [0.717, 1.165) is 19.6 Å². The van der Waals surface area contributed by atoms with Crippen LogP contribution in [0.15, 0.2) is 12.4 Å². The number of nitrogens with one attached hydrogen (secondary N) is 1. The zero-order valence-corrected chi connectivity index (χ0v) is 11.0. The van der Waals surface area contributed by atoms with E-state index in [-0.39, 0.29) is 0 Å². The largest absolute Gasteiger partial charge is 0.382 e. The summed E-state index contributed by atoms with van der Waals surface area (Å²) in [4.78, 5) is 0. The maximum atomic E-state index is 5.38. The number of ether oxygens (including phenoxy) is 2. The van der Waals surface area contributed by atoms with Crippen LogP contribution in [-0.4, -0.2) is 43.3 Å². The van der Waals surface area contributed by atoms with E-state index in [1.807, 2.05) is 24.1 Å². The molecule has 0 spiro atoms. The molecule has 1 aromatic rings. The Morgan fingerprint density at radius 1 is 1.41 bits per heavy atom. The molecule has 0 aromatic carbocycles. The average Bonchev–Trinajstić information content (AvgIpc) is 2.74. The molecule has 1 N–H and O–H groups in total. The van der Waals surface area contributed by atoms with Gasteiger partial charge in [0.2, 0.25) is 0 Å². The van der Waals surface area contributed by atoms with Gasteiger partial charge >= 0.3 is 0 Å². The lowest BCUT2D eigenvalue weighted by molar-refractivity contribution is 0.0693. The second-order valence-electron chi connectivity index (χ2n) is 4.08. The summed E-state index contributed by atoms with van der Waals surface area (Å²) in [7, 11) is 3.61. The van der Waals surface area contributed by atoms with Crippen LogP contribution in [-0.2, 0) is 16.5 Å². The first-order valence-electron chi connectivity index (χ1n) is 6.02. The van der Waals surface area contributed by atoms with Gasteiger partial charge < -0.3 is 14.8 Å². The summed E-state index contributed by atoms with van der Waals surface area (Å²) in [6.45, 7) is 5.20. The van der Waals surface area contributed by atoms with Gasteiger partial charge in [-0.25, -0.2) is 0 Å². The van der Waals surface area contributed by atoms with Crippen molar-refractivity contribution in [2.75, 3.05) is 33.5 Å². The van der Waals surface area contributed by atoms with Crippen molar-refractivity contribution in [2.45, 2.75) is 19.4 Å². The summed E-state index contributed by atoms with van der Waals surface area (Å²) >= 11 is 0. The van der Waals surface area contributed by atoms with Crippen molar-refractivity contribution in [3.8, 4) is 0 Å². The number of aromatic nitrogens is 2. The fraction of sp³-hybridized carbons (Fsp3) is 0.750. The highest BCUT2D eigenvalue weighted by atomic mass is 16.5. The van der Waals surface area contributed by atoms with Gasteiger partial charge in [0.25, 0.3) is 0 Å². The molecule has 0 aliphatic rings. The van der Waals surface area contributed by atoms with Crippen molar-refractivity contribution in [1.29, 1.82) is 0 Å². The summed E-state index contributed by atoms with van der Waals surface area (Å²) in [5.74, 6) is 0. The van der Waals surface area contributed by atoms with Crippen molar-refractivity contribution >= 4 is 0 Å². The van der Waals surface area contributed by atoms with E-state index in [9.17, 15) is 0 Å². The minimum absolute atomic E-state index is 0.336. The van der Waals surface area contributed by atoms with Crippen LogP contribution >= 0.6 is 0 Å². The van der Waals surface area contributed by atoms with Crippen molar-refractivity contribution in [3.05, 3.63) is 18.0 Å². The van der Waals surface area contributed by atoms with Crippen LogP contribution in [0.1, 0.15) is 24.9 Å². The van der Waals surface area contributed by atoms with E-state index in [0.29, 0.717) is 19.3 Å². The molecule has 17 heavy (non-hydrogen) atoms. The van der Waals surface area contributed by atoms with Gasteiger partial charge in [-0.15, -0.1) is 0 Å². The van der Waals surface area contributed by atoms with Gasteiger partial charge in [-0.1, -0.05) is 0 Å². The first kappa shape index (κ1) is 14.2. The van der Waals surface area contributed by atoms with E-state index in [1.165, 1.54) is 5.56 Å². The highest BCUT2D eigenvalue weighted by Crippen LogP contribution is 2.09. The normalized spacial score (nSPS) is 12.9. The molecule has 0 saturated carbocycles. The molecular formula is C12H23N3O2. The molecule has 1 rings (SSSR count).